The zero-order chi connectivity index (χ0) is 22.8. The number of carbonyl (C=O) groups excluding carboxylic acids is 3. The molecule has 0 aliphatic carbocycles. The third kappa shape index (κ3) is 5.27. The largest absolute Gasteiger partial charge is 0.497 e. The normalized spacial score (nSPS) is 15.4. The van der Waals surface area contributed by atoms with Crippen molar-refractivity contribution < 1.29 is 31.7 Å². The predicted octanol–water partition coefficient (Wildman–Crippen LogP) is 2.75. The number of carbonyl (C=O) groups is 3. The van der Waals surface area contributed by atoms with Crippen LogP contribution >= 0.6 is 27.7 Å². The number of primary amides is 1. The second-order valence-electron chi connectivity index (χ2n) is 6.14. The van der Waals surface area contributed by atoms with Crippen molar-refractivity contribution in [2.24, 2.45) is 5.73 Å². The maximum Gasteiger partial charge on any atom is 0.339 e. The molecule has 3 rings (SSSR count). The van der Waals surface area contributed by atoms with E-state index in [4.69, 9.17) is 14.7 Å². The lowest BCUT2D eigenvalue weighted by molar-refractivity contribution is -0.127. The molecule has 2 N–H and O–H groups in total. The summed E-state index contributed by atoms with van der Waals surface area (Å²) in [5.41, 5.74) is 5.55. The van der Waals surface area contributed by atoms with Crippen LogP contribution in [0, 0.1) is 0 Å². The molecule has 162 valence electrons. The summed E-state index contributed by atoms with van der Waals surface area (Å²) < 4.78 is 35.5. The van der Waals surface area contributed by atoms with Gasteiger partial charge in [-0.25, -0.2) is 0 Å². The van der Waals surface area contributed by atoms with E-state index in [9.17, 15) is 22.8 Å². The minimum absolute atomic E-state index is 0.0369. The molecule has 3 amide bonds. The number of halogens is 1. The first-order valence-corrected chi connectivity index (χ1v) is 11.5. The third-order valence-electron chi connectivity index (χ3n) is 3.99. The van der Waals surface area contributed by atoms with Gasteiger partial charge in [-0.3, -0.25) is 19.3 Å². The van der Waals surface area contributed by atoms with Gasteiger partial charge in [0.15, 0.2) is 5.75 Å². The van der Waals surface area contributed by atoms with Crippen LogP contribution < -0.4 is 14.7 Å². The van der Waals surface area contributed by atoms with Gasteiger partial charge in [-0.1, -0.05) is 6.07 Å². The number of nitrogens with two attached hydrogens (primary N) is 1. The molecule has 1 saturated heterocycles. The van der Waals surface area contributed by atoms with Crippen LogP contribution in [0.2, 0.25) is 0 Å². The van der Waals surface area contributed by atoms with Gasteiger partial charge in [0.2, 0.25) is 5.91 Å². The Morgan fingerprint density at radius 2 is 1.87 bits per heavy atom. The Bertz CT molecular complexity index is 1190. The molecule has 31 heavy (non-hydrogen) atoms. The molecule has 0 aromatic heterocycles. The summed E-state index contributed by atoms with van der Waals surface area (Å²) in [4.78, 5) is 36.0. The molecular weight excluding hydrogens is 512 g/mol. The van der Waals surface area contributed by atoms with Crippen LogP contribution in [-0.4, -0.2) is 44.0 Å². The summed E-state index contributed by atoms with van der Waals surface area (Å²) in [7, 11) is -2.62. The molecule has 9 nitrogen and oxygen atoms in total. The van der Waals surface area contributed by atoms with E-state index in [1.807, 2.05) is 0 Å². The fraction of sp³-hybridized carbons (Fsp3) is 0.105. The second-order valence-corrected chi connectivity index (χ2v) is 9.53. The van der Waals surface area contributed by atoms with Gasteiger partial charge in [0.05, 0.1) is 16.5 Å². The van der Waals surface area contributed by atoms with Gasteiger partial charge in [0, 0.05) is 0 Å². The van der Waals surface area contributed by atoms with Gasteiger partial charge in [-0.15, -0.1) is 0 Å². The Morgan fingerprint density at radius 3 is 2.45 bits per heavy atom. The Morgan fingerprint density at radius 1 is 1.19 bits per heavy atom. The molecule has 0 unspecified atom stereocenters. The highest BCUT2D eigenvalue weighted by atomic mass is 79.9. The zero-order valence-electron chi connectivity index (χ0n) is 15.9. The molecule has 0 saturated carbocycles. The highest BCUT2D eigenvalue weighted by Crippen LogP contribution is 2.34. The molecule has 0 radical (unpaired) electrons. The first-order chi connectivity index (χ1) is 14.6. The zero-order valence-corrected chi connectivity index (χ0v) is 19.1. The van der Waals surface area contributed by atoms with Crippen LogP contribution in [0.5, 0.6) is 11.5 Å². The van der Waals surface area contributed by atoms with Gasteiger partial charge in [0.25, 0.3) is 11.1 Å². The fourth-order valence-corrected chi connectivity index (χ4v) is 4.90. The van der Waals surface area contributed by atoms with Gasteiger partial charge < -0.3 is 14.7 Å². The van der Waals surface area contributed by atoms with Gasteiger partial charge in [-0.2, -0.15) is 8.42 Å². The van der Waals surface area contributed by atoms with E-state index in [0.29, 0.717) is 27.5 Å². The van der Waals surface area contributed by atoms with Gasteiger partial charge in [-0.05, 0) is 75.7 Å². The summed E-state index contributed by atoms with van der Waals surface area (Å²) in [6.45, 7) is -0.498. The molecular formula is C19H15BrN2O7S2. The number of nitrogens with zero attached hydrogens (tertiary/aromatic N) is 1. The summed E-state index contributed by atoms with van der Waals surface area (Å²) in [6, 6.07) is 10.2. The minimum atomic E-state index is -4.09. The van der Waals surface area contributed by atoms with E-state index < -0.39 is 33.7 Å². The van der Waals surface area contributed by atoms with Gasteiger partial charge >= 0.3 is 10.1 Å². The first-order valence-electron chi connectivity index (χ1n) is 8.52. The number of methoxy groups -OCH3 is 1. The highest BCUT2D eigenvalue weighted by molar-refractivity contribution is 9.10. The molecule has 1 heterocycles. The minimum Gasteiger partial charge on any atom is -0.497 e. The van der Waals surface area contributed by atoms with E-state index >= 15 is 0 Å². The summed E-state index contributed by atoms with van der Waals surface area (Å²) >= 11 is 3.92. The van der Waals surface area contributed by atoms with Gasteiger partial charge in [0.1, 0.15) is 17.2 Å². The number of thioether (sulfide) groups is 1. The Balaban J connectivity index is 1.80. The van der Waals surface area contributed by atoms with Crippen LogP contribution in [0.3, 0.4) is 0 Å². The monoisotopic (exact) mass is 526 g/mol. The molecule has 12 heteroatoms. The lowest BCUT2D eigenvalue weighted by atomic mass is 10.2. The van der Waals surface area contributed by atoms with Crippen molar-refractivity contribution in [1.82, 2.24) is 4.90 Å². The van der Waals surface area contributed by atoms with Crippen molar-refractivity contribution in [2.75, 3.05) is 13.7 Å². The molecule has 2 aromatic rings. The SMILES string of the molecule is COc1ccc(S(=O)(=O)Oc2ccc(/C=C3\SC(=O)N(CC(N)=O)C3=O)cc2Br)cc1. The number of ether oxygens (including phenoxy) is 1. The predicted molar refractivity (Wildman–Crippen MR) is 117 cm³/mol. The molecule has 1 aliphatic rings. The van der Waals surface area contributed by atoms with Crippen LogP contribution in [0.4, 0.5) is 4.79 Å². The van der Waals surface area contributed by atoms with Crippen molar-refractivity contribution >= 4 is 60.9 Å². The van der Waals surface area contributed by atoms with E-state index in [1.165, 1.54) is 55.7 Å². The summed E-state index contributed by atoms with van der Waals surface area (Å²) in [5.74, 6) is -0.891. The Hall–Kier alpha value is -2.83. The van der Waals surface area contributed by atoms with Crippen LogP contribution in [-0.2, 0) is 19.7 Å². The summed E-state index contributed by atoms with van der Waals surface area (Å²) in [6.07, 6.45) is 1.44. The maximum absolute atomic E-state index is 12.5. The Labute approximate surface area is 190 Å². The third-order valence-corrected chi connectivity index (χ3v) is 6.76. The van der Waals surface area contributed by atoms with Crippen molar-refractivity contribution in [3.05, 3.63) is 57.4 Å². The van der Waals surface area contributed by atoms with E-state index in [2.05, 4.69) is 15.9 Å². The van der Waals surface area contributed by atoms with E-state index in [0.717, 1.165) is 4.90 Å². The first kappa shape index (κ1) is 22.8. The lowest BCUT2D eigenvalue weighted by Crippen LogP contribution is -2.36. The molecule has 1 fully saturated rings. The average molecular weight is 527 g/mol. The topological polar surface area (TPSA) is 133 Å². The lowest BCUT2D eigenvalue weighted by Gasteiger charge is -2.10. The van der Waals surface area contributed by atoms with E-state index in [-0.39, 0.29) is 15.6 Å². The number of hydrogen-bond acceptors (Lipinski definition) is 8. The Kier molecular flexibility index (Phi) is 6.72. The molecule has 2 aromatic carbocycles. The number of imide groups is 1. The number of amides is 3. The highest BCUT2D eigenvalue weighted by Gasteiger charge is 2.35. The quantitative estimate of drug-likeness (QED) is 0.430. The number of rotatable bonds is 7. The van der Waals surface area contributed by atoms with Crippen molar-refractivity contribution in [3.63, 3.8) is 0 Å². The molecule has 0 atom stereocenters. The van der Waals surface area contributed by atoms with E-state index in [1.54, 1.807) is 0 Å². The molecule has 1 aliphatic heterocycles. The number of hydrogen-bond donors (Lipinski definition) is 1. The molecule has 0 spiro atoms. The van der Waals surface area contributed by atoms with Crippen molar-refractivity contribution in [1.29, 1.82) is 0 Å². The van der Waals surface area contributed by atoms with Crippen molar-refractivity contribution in [3.8, 4) is 11.5 Å². The standard InChI is InChI=1S/C19H15BrN2O7S2/c1-28-12-3-5-13(6-4-12)31(26,27)29-15-7-2-11(8-14(15)20)9-16-18(24)22(10-17(21)23)19(25)30-16/h2-9H,10H2,1H3,(H2,21,23)/b16-9-. The maximum atomic E-state index is 12.5. The van der Waals surface area contributed by atoms with Crippen LogP contribution in [0.25, 0.3) is 6.08 Å². The average Bonchev–Trinajstić information content (AvgIpc) is 2.97. The fourth-order valence-electron chi connectivity index (χ4n) is 2.53. The molecule has 0 bridgehead atoms. The van der Waals surface area contributed by atoms with Crippen LogP contribution in [0.1, 0.15) is 5.56 Å². The van der Waals surface area contributed by atoms with Crippen molar-refractivity contribution in [2.45, 2.75) is 4.90 Å². The van der Waals surface area contributed by atoms with Crippen LogP contribution in [0.15, 0.2) is 56.7 Å². The smallest absolute Gasteiger partial charge is 0.339 e. The number of benzene rings is 2. The second kappa shape index (κ2) is 9.12. The summed E-state index contributed by atoms with van der Waals surface area (Å²) in [5, 5.41) is -0.598.